The second kappa shape index (κ2) is 7.43. The number of hydrogen-bond donors (Lipinski definition) is 0. The minimum absolute atomic E-state index is 0.0189. The number of alkyl halides is 3. The van der Waals surface area contributed by atoms with Gasteiger partial charge in [-0.1, -0.05) is 24.3 Å². The van der Waals surface area contributed by atoms with Gasteiger partial charge in [0.2, 0.25) is 10.0 Å². The molecule has 0 unspecified atom stereocenters. The summed E-state index contributed by atoms with van der Waals surface area (Å²) in [6.07, 6.45) is -2.40. The van der Waals surface area contributed by atoms with Crippen LogP contribution in [-0.4, -0.2) is 32.6 Å². The van der Waals surface area contributed by atoms with Crippen LogP contribution in [0.15, 0.2) is 59.5 Å². The van der Waals surface area contributed by atoms with E-state index in [0.717, 1.165) is 22.5 Å². The monoisotopic (exact) mass is 383 g/mol. The molecule has 0 saturated carbocycles. The molecule has 138 valence electrons. The summed E-state index contributed by atoms with van der Waals surface area (Å²) in [7, 11) is -0.849. The van der Waals surface area contributed by atoms with Crippen LogP contribution in [0.2, 0.25) is 0 Å². The number of rotatable bonds is 5. The minimum Gasteiger partial charge on any atom is -0.289 e. The molecule has 0 amide bonds. The summed E-state index contributed by atoms with van der Waals surface area (Å²) in [5.41, 5.74) is -0.792. The summed E-state index contributed by atoms with van der Waals surface area (Å²) in [5.74, 6) is -0.532. The van der Waals surface area contributed by atoms with E-state index >= 15 is 0 Å². The molecule has 26 heavy (non-hydrogen) atoms. The number of ketones is 1. The van der Waals surface area contributed by atoms with E-state index in [4.69, 9.17) is 0 Å². The first-order valence-corrected chi connectivity index (χ1v) is 8.88. The number of allylic oxidation sites excluding steroid dienone is 1. The number of nitrogens with zero attached hydrogens (tertiary/aromatic N) is 1. The normalized spacial score (nSPS) is 12.7. The summed E-state index contributed by atoms with van der Waals surface area (Å²) < 4.78 is 63.8. The number of benzene rings is 2. The molecule has 0 heterocycles. The quantitative estimate of drug-likeness (QED) is 0.582. The molecule has 0 fully saturated rings. The number of carbonyl (C=O) groups is 1. The van der Waals surface area contributed by atoms with E-state index < -0.39 is 27.5 Å². The van der Waals surface area contributed by atoms with Crippen molar-refractivity contribution in [1.29, 1.82) is 0 Å². The van der Waals surface area contributed by atoms with Crippen molar-refractivity contribution in [3.8, 4) is 0 Å². The van der Waals surface area contributed by atoms with Gasteiger partial charge >= 0.3 is 6.18 Å². The number of carbonyl (C=O) groups excluding carboxylic acids is 1. The molecular weight excluding hydrogens is 367 g/mol. The molecule has 2 aromatic carbocycles. The van der Waals surface area contributed by atoms with Gasteiger partial charge in [-0.25, -0.2) is 12.7 Å². The van der Waals surface area contributed by atoms with Crippen LogP contribution in [0.4, 0.5) is 13.2 Å². The maximum atomic E-state index is 12.9. The van der Waals surface area contributed by atoms with Crippen LogP contribution in [0.3, 0.4) is 0 Å². The van der Waals surface area contributed by atoms with Gasteiger partial charge in [0, 0.05) is 19.7 Å². The maximum absolute atomic E-state index is 12.9. The average molecular weight is 383 g/mol. The first kappa shape index (κ1) is 19.9. The third kappa shape index (κ3) is 4.39. The van der Waals surface area contributed by atoms with Crippen LogP contribution >= 0.6 is 0 Å². The van der Waals surface area contributed by atoms with Crippen molar-refractivity contribution in [3.05, 3.63) is 71.3 Å². The van der Waals surface area contributed by atoms with Crippen LogP contribution in [0.25, 0.3) is 6.08 Å². The first-order chi connectivity index (χ1) is 12.0. The Balaban J connectivity index is 2.25. The molecule has 4 nitrogen and oxygen atoms in total. The lowest BCUT2D eigenvalue weighted by Crippen LogP contribution is -2.22. The Kier molecular flexibility index (Phi) is 5.68. The van der Waals surface area contributed by atoms with Gasteiger partial charge in [-0.05, 0) is 42.0 Å². The highest BCUT2D eigenvalue weighted by Gasteiger charge is 2.32. The van der Waals surface area contributed by atoms with E-state index in [9.17, 15) is 26.4 Å². The Morgan fingerprint density at radius 1 is 1.00 bits per heavy atom. The zero-order valence-corrected chi connectivity index (χ0v) is 14.8. The standard InChI is InChI=1S/C18H16F3NO3S/c1-22(2)26(24,25)15-10-7-14(8-11-15)17(23)12-9-13-5-3-4-6-16(13)18(19,20)21/h3-12H,1-2H3. The van der Waals surface area contributed by atoms with Gasteiger partial charge in [0.1, 0.15) is 0 Å². The smallest absolute Gasteiger partial charge is 0.289 e. The van der Waals surface area contributed by atoms with Crippen LogP contribution in [0.5, 0.6) is 0 Å². The van der Waals surface area contributed by atoms with Gasteiger partial charge in [0.05, 0.1) is 10.5 Å². The molecule has 0 bridgehead atoms. The maximum Gasteiger partial charge on any atom is 0.416 e. The number of sulfonamides is 1. The second-order valence-corrected chi connectivity index (χ2v) is 7.75. The lowest BCUT2D eigenvalue weighted by molar-refractivity contribution is -0.137. The molecule has 0 aliphatic rings. The molecule has 0 N–H and O–H groups in total. The molecular formula is C18H16F3NO3S. The lowest BCUT2D eigenvalue weighted by atomic mass is 10.0. The van der Waals surface area contributed by atoms with Crippen molar-refractivity contribution < 1.29 is 26.4 Å². The Bertz CT molecular complexity index is 931. The van der Waals surface area contributed by atoms with Crippen molar-refractivity contribution in [2.45, 2.75) is 11.1 Å². The van der Waals surface area contributed by atoms with Crippen molar-refractivity contribution in [1.82, 2.24) is 4.31 Å². The third-order valence-corrected chi connectivity index (χ3v) is 5.43. The molecule has 0 aliphatic carbocycles. The van der Waals surface area contributed by atoms with E-state index in [0.29, 0.717) is 0 Å². The summed E-state index contributed by atoms with van der Waals surface area (Å²) >= 11 is 0. The highest BCUT2D eigenvalue weighted by atomic mass is 32.2. The molecule has 0 radical (unpaired) electrons. The molecule has 0 spiro atoms. The highest BCUT2D eigenvalue weighted by Crippen LogP contribution is 2.32. The van der Waals surface area contributed by atoms with Crippen molar-refractivity contribution in [3.63, 3.8) is 0 Å². The Morgan fingerprint density at radius 3 is 2.12 bits per heavy atom. The van der Waals surface area contributed by atoms with E-state index in [1.54, 1.807) is 0 Å². The van der Waals surface area contributed by atoms with E-state index in [1.807, 2.05) is 0 Å². The first-order valence-electron chi connectivity index (χ1n) is 7.44. The molecule has 0 aliphatic heterocycles. The van der Waals surface area contributed by atoms with Crippen LogP contribution in [-0.2, 0) is 16.2 Å². The fraction of sp³-hybridized carbons (Fsp3) is 0.167. The second-order valence-electron chi connectivity index (χ2n) is 5.59. The van der Waals surface area contributed by atoms with Crippen LogP contribution < -0.4 is 0 Å². The predicted molar refractivity (Wildman–Crippen MR) is 92.1 cm³/mol. The van der Waals surface area contributed by atoms with Gasteiger partial charge in [-0.3, -0.25) is 4.79 Å². The summed E-state index contributed by atoms with van der Waals surface area (Å²) in [4.78, 5) is 12.2. The van der Waals surface area contributed by atoms with E-state index in [-0.39, 0.29) is 16.0 Å². The van der Waals surface area contributed by atoms with Crippen LogP contribution in [0, 0.1) is 0 Å². The molecule has 0 aromatic heterocycles. The highest BCUT2D eigenvalue weighted by molar-refractivity contribution is 7.89. The zero-order chi connectivity index (χ0) is 19.5. The van der Waals surface area contributed by atoms with Gasteiger partial charge in [-0.15, -0.1) is 0 Å². The van der Waals surface area contributed by atoms with E-state index in [1.165, 1.54) is 56.6 Å². The summed E-state index contributed by atoms with van der Waals surface area (Å²) in [6, 6.07) is 10.1. The average Bonchev–Trinajstić information content (AvgIpc) is 2.59. The van der Waals surface area contributed by atoms with Gasteiger partial charge in [-0.2, -0.15) is 13.2 Å². The SMILES string of the molecule is CN(C)S(=O)(=O)c1ccc(C(=O)C=Cc2ccccc2C(F)(F)F)cc1. The van der Waals surface area contributed by atoms with Gasteiger partial charge < -0.3 is 0 Å². The Hall–Kier alpha value is -2.45. The topological polar surface area (TPSA) is 54.5 Å². The van der Waals surface area contributed by atoms with Crippen molar-refractivity contribution >= 4 is 21.9 Å². The molecule has 8 heteroatoms. The fourth-order valence-corrected chi connectivity index (χ4v) is 3.07. The Labute approximate surface area is 149 Å². The van der Waals surface area contributed by atoms with Gasteiger partial charge in [0.25, 0.3) is 0 Å². The van der Waals surface area contributed by atoms with Crippen molar-refractivity contribution in [2.24, 2.45) is 0 Å². The Morgan fingerprint density at radius 2 is 1.58 bits per heavy atom. The fourth-order valence-electron chi connectivity index (χ4n) is 2.16. The molecule has 0 atom stereocenters. The van der Waals surface area contributed by atoms with E-state index in [2.05, 4.69) is 0 Å². The largest absolute Gasteiger partial charge is 0.416 e. The lowest BCUT2D eigenvalue weighted by Gasteiger charge is -2.11. The zero-order valence-electron chi connectivity index (χ0n) is 14.0. The molecule has 2 aromatic rings. The number of halogens is 3. The number of hydrogen-bond acceptors (Lipinski definition) is 3. The summed E-state index contributed by atoms with van der Waals surface area (Å²) in [5, 5.41) is 0. The van der Waals surface area contributed by atoms with Crippen LogP contribution in [0.1, 0.15) is 21.5 Å². The molecule has 0 saturated heterocycles. The predicted octanol–water partition coefficient (Wildman–Crippen LogP) is 3.85. The minimum atomic E-state index is -4.52. The van der Waals surface area contributed by atoms with Gasteiger partial charge in [0.15, 0.2) is 5.78 Å². The molecule has 2 rings (SSSR count). The van der Waals surface area contributed by atoms with Crippen molar-refractivity contribution in [2.75, 3.05) is 14.1 Å². The third-order valence-electron chi connectivity index (χ3n) is 3.60. The summed E-state index contributed by atoms with van der Waals surface area (Å²) in [6.45, 7) is 0.